The predicted octanol–water partition coefficient (Wildman–Crippen LogP) is 5.07. The van der Waals surface area contributed by atoms with Crippen LogP contribution in [0.1, 0.15) is 28.3 Å². The van der Waals surface area contributed by atoms with E-state index in [1.165, 1.54) is 0 Å². The molecule has 1 aliphatic heterocycles. The number of ether oxygens (including phenoxy) is 1. The fourth-order valence-electron chi connectivity index (χ4n) is 5.16. The molecule has 0 amide bonds. The summed E-state index contributed by atoms with van der Waals surface area (Å²) in [4.78, 5) is 30.0. The molecular weight excluding hydrogens is 602 g/mol. The molecule has 0 saturated carbocycles. The molecular formula is C31H29CuN5O4S+2. The van der Waals surface area contributed by atoms with Crippen LogP contribution in [-0.2, 0) is 54.6 Å². The quantitative estimate of drug-likeness (QED) is 0.248. The van der Waals surface area contributed by atoms with Crippen molar-refractivity contribution < 1.29 is 36.8 Å². The molecule has 6 rings (SSSR count). The van der Waals surface area contributed by atoms with E-state index in [0.29, 0.717) is 44.0 Å². The summed E-state index contributed by atoms with van der Waals surface area (Å²) >= 11 is 1.60. The van der Waals surface area contributed by atoms with E-state index >= 15 is 0 Å². The summed E-state index contributed by atoms with van der Waals surface area (Å²) in [6.07, 6.45) is 0. The van der Waals surface area contributed by atoms with Crippen LogP contribution in [0.4, 0.5) is 0 Å². The van der Waals surface area contributed by atoms with E-state index in [2.05, 4.69) is 11.0 Å². The number of aromatic nitrogens is 3. The van der Waals surface area contributed by atoms with Gasteiger partial charge in [-0.3, -0.25) is 24.6 Å². The van der Waals surface area contributed by atoms with Gasteiger partial charge in [0, 0.05) is 43.9 Å². The molecule has 0 aliphatic carbocycles. The van der Waals surface area contributed by atoms with Gasteiger partial charge in [0.05, 0.1) is 46.6 Å². The Morgan fingerprint density at radius 1 is 0.857 bits per heavy atom. The van der Waals surface area contributed by atoms with Crippen LogP contribution in [0.25, 0.3) is 20.8 Å². The fourth-order valence-corrected chi connectivity index (χ4v) is 6.11. The number of pyridine rings is 2. The van der Waals surface area contributed by atoms with Gasteiger partial charge in [0.1, 0.15) is 5.01 Å². The average Bonchev–Trinajstić information content (AvgIpc) is 3.38. The molecule has 0 unspecified atom stereocenters. The Hall–Kier alpha value is -3.86. The summed E-state index contributed by atoms with van der Waals surface area (Å²) in [5.41, 5.74) is 5.81. The number of para-hydroxylation sites is 1. The van der Waals surface area contributed by atoms with Crippen molar-refractivity contribution in [2.45, 2.75) is 32.7 Å². The maximum atomic E-state index is 11.5. The smallest absolute Gasteiger partial charge is 0.504 e. The zero-order valence-electron chi connectivity index (χ0n) is 22.8. The first-order valence-corrected chi connectivity index (χ1v) is 14.1. The van der Waals surface area contributed by atoms with E-state index in [9.17, 15) is 15.0 Å². The first kappa shape index (κ1) is 29.6. The van der Waals surface area contributed by atoms with Crippen LogP contribution in [-0.4, -0.2) is 54.6 Å². The van der Waals surface area contributed by atoms with Crippen LogP contribution in [0.3, 0.4) is 0 Å². The molecule has 9 nitrogen and oxygen atoms in total. The molecule has 4 heterocycles. The standard InChI is InChI=1S/C31H29N5O4S.Cu/c1-40-27-13-20(31-34-26-10-2-3-11-28(26)41-31)12-21(30(27)39)14-35-15-22-6-4-8-24(32-22)17-36(19-29(37)38)18-25-9-5-7-23(16-35)33-25;/h2-13,39H,14-19H2,1H3,(H,37,38);/q;+2. The van der Waals surface area contributed by atoms with Crippen LogP contribution in [0.2, 0.25) is 0 Å². The first-order chi connectivity index (χ1) is 19.9. The molecule has 1 aliphatic rings. The molecule has 0 fully saturated rings. The maximum Gasteiger partial charge on any atom is 2.00 e. The largest absolute Gasteiger partial charge is 2.00 e. The molecule has 0 atom stereocenters. The summed E-state index contributed by atoms with van der Waals surface area (Å²) < 4.78 is 6.66. The van der Waals surface area contributed by atoms with Crippen molar-refractivity contribution in [1.29, 1.82) is 0 Å². The third kappa shape index (κ3) is 6.78. The maximum absolute atomic E-state index is 11.5. The minimum Gasteiger partial charge on any atom is -0.504 e. The molecule has 0 spiro atoms. The summed E-state index contributed by atoms with van der Waals surface area (Å²) in [6, 6.07) is 23.5. The van der Waals surface area contributed by atoms with Crippen LogP contribution >= 0.6 is 11.3 Å². The number of thiazole rings is 1. The second kappa shape index (κ2) is 13.0. The van der Waals surface area contributed by atoms with Crippen molar-refractivity contribution >= 4 is 27.5 Å². The van der Waals surface area contributed by atoms with Gasteiger partial charge >= 0.3 is 23.0 Å². The number of methoxy groups -OCH3 is 1. The Bertz CT molecular complexity index is 1640. The Kier molecular flexibility index (Phi) is 9.15. The number of phenols is 1. The van der Waals surface area contributed by atoms with Gasteiger partial charge in [0.2, 0.25) is 0 Å². The second-order valence-corrected chi connectivity index (χ2v) is 11.1. The van der Waals surface area contributed by atoms with Crippen molar-refractivity contribution in [3.8, 4) is 22.1 Å². The zero-order valence-corrected chi connectivity index (χ0v) is 24.6. The van der Waals surface area contributed by atoms with E-state index in [1.807, 2.05) is 71.6 Å². The minimum atomic E-state index is -0.890. The third-order valence-electron chi connectivity index (χ3n) is 6.94. The van der Waals surface area contributed by atoms with E-state index in [-0.39, 0.29) is 29.4 Å². The summed E-state index contributed by atoms with van der Waals surface area (Å²) in [5, 5.41) is 21.5. The molecule has 2 N–H and O–H groups in total. The Balaban J connectivity index is 0.00000353. The molecule has 42 heavy (non-hydrogen) atoms. The number of benzene rings is 2. The average molecular weight is 631 g/mol. The zero-order chi connectivity index (χ0) is 28.3. The summed E-state index contributed by atoms with van der Waals surface area (Å²) in [6.45, 7) is 2.13. The van der Waals surface area contributed by atoms with Crippen molar-refractivity contribution in [2.24, 2.45) is 0 Å². The van der Waals surface area contributed by atoms with Gasteiger partial charge in [-0.1, -0.05) is 24.3 Å². The van der Waals surface area contributed by atoms with Crippen molar-refractivity contribution in [3.63, 3.8) is 0 Å². The predicted molar refractivity (Wildman–Crippen MR) is 156 cm³/mol. The number of hydrogen-bond donors (Lipinski definition) is 2. The van der Waals surface area contributed by atoms with Gasteiger partial charge in [-0.05, 0) is 48.5 Å². The van der Waals surface area contributed by atoms with Crippen molar-refractivity contribution in [3.05, 3.63) is 101 Å². The van der Waals surface area contributed by atoms with E-state index in [1.54, 1.807) is 18.4 Å². The van der Waals surface area contributed by atoms with Gasteiger partial charge in [0.25, 0.3) is 0 Å². The Morgan fingerprint density at radius 2 is 1.45 bits per heavy atom. The second-order valence-electron chi connectivity index (χ2n) is 10.1. The SMILES string of the molecule is COc1cc(-c2nc3ccccc3s2)cc(CN2Cc3cccc(n3)CN(CC(=O)O)Cc3cccc(n3)C2)c1O.[Cu+2]. The number of carbonyl (C=O) groups is 1. The number of hydrogen-bond acceptors (Lipinski definition) is 9. The number of phenolic OH excluding ortho intramolecular Hbond substituents is 1. The third-order valence-corrected chi connectivity index (χ3v) is 8.02. The van der Waals surface area contributed by atoms with Gasteiger partial charge < -0.3 is 14.9 Å². The number of carboxylic acids is 1. The number of nitrogens with zero attached hydrogens (tertiary/aromatic N) is 5. The van der Waals surface area contributed by atoms with Crippen LogP contribution in [0, 0.1) is 0 Å². The Morgan fingerprint density at radius 3 is 2.02 bits per heavy atom. The molecule has 3 aromatic heterocycles. The van der Waals surface area contributed by atoms with Crippen molar-refractivity contribution in [1.82, 2.24) is 24.8 Å². The van der Waals surface area contributed by atoms with Gasteiger partial charge in [-0.2, -0.15) is 0 Å². The number of rotatable bonds is 6. The van der Waals surface area contributed by atoms with E-state index in [0.717, 1.165) is 43.6 Å². The van der Waals surface area contributed by atoms with Crippen LogP contribution in [0.5, 0.6) is 11.5 Å². The van der Waals surface area contributed by atoms with E-state index in [4.69, 9.17) is 19.7 Å². The normalized spacial score (nSPS) is 14.0. The molecule has 5 aromatic rings. The number of carboxylic acid groups (broad SMARTS) is 1. The molecule has 2 aromatic carbocycles. The number of aliphatic carboxylic acids is 1. The number of aromatic hydroxyl groups is 1. The molecule has 217 valence electrons. The Labute approximate surface area is 257 Å². The fraction of sp³-hybridized carbons (Fsp3) is 0.226. The summed E-state index contributed by atoms with van der Waals surface area (Å²) in [7, 11) is 1.55. The van der Waals surface area contributed by atoms with Crippen LogP contribution in [0.15, 0.2) is 72.8 Å². The molecule has 1 radical (unpaired) electrons. The van der Waals surface area contributed by atoms with Crippen molar-refractivity contribution in [2.75, 3.05) is 13.7 Å². The molecule has 11 heteroatoms. The van der Waals surface area contributed by atoms with E-state index < -0.39 is 5.97 Å². The van der Waals surface area contributed by atoms with Gasteiger partial charge in [-0.25, -0.2) is 4.98 Å². The molecule has 0 saturated heterocycles. The molecule has 4 bridgehead atoms. The minimum absolute atomic E-state index is 0. The number of fused-ring (bicyclic) bond motifs is 5. The summed E-state index contributed by atoms with van der Waals surface area (Å²) in [5.74, 6) is -0.403. The van der Waals surface area contributed by atoms with Gasteiger partial charge in [-0.15, -0.1) is 11.3 Å². The monoisotopic (exact) mass is 630 g/mol. The first-order valence-electron chi connectivity index (χ1n) is 13.3. The van der Waals surface area contributed by atoms with Crippen LogP contribution < -0.4 is 4.74 Å². The van der Waals surface area contributed by atoms with Gasteiger partial charge in [0.15, 0.2) is 11.5 Å². The topological polar surface area (TPSA) is 112 Å².